The van der Waals surface area contributed by atoms with E-state index in [4.69, 9.17) is 10.2 Å². The van der Waals surface area contributed by atoms with Crippen LogP contribution in [0.15, 0.2) is 0 Å². The molecule has 0 atom stereocenters. The Labute approximate surface area is 151 Å². The van der Waals surface area contributed by atoms with Crippen LogP contribution in [0, 0.1) is 0 Å². The van der Waals surface area contributed by atoms with E-state index >= 15 is 0 Å². The first kappa shape index (κ1) is 21.9. The van der Waals surface area contributed by atoms with Crippen molar-refractivity contribution in [3.8, 4) is 0 Å². The van der Waals surface area contributed by atoms with Crippen molar-refractivity contribution >= 4 is 11.9 Å². The molecule has 0 bridgehead atoms. The zero-order valence-corrected chi connectivity index (χ0v) is 15.5. The molecule has 1 saturated carbocycles. The fraction of sp³-hybridized carbons (Fsp3) is 0.895. The van der Waals surface area contributed by atoms with Crippen LogP contribution in [0.3, 0.4) is 0 Å². The lowest BCUT2D eigenvalue weighted by molar-refractivity contribution is -0.147. The molecule has 6 nitrogen and oxygen atoms in total. The van der Waals surface area contributed by atoms with Crippen molar-refractivity contribution in [2.75, 3.05) is 13.1 Å². The molecular weight excluding hydrogens is 320 g/mol. The number of hydrogen-bond acceptors (Lipinski definition) is 4. The second-order valence-corrected chi connectivity index (χ2v) is 7.19. The van der Waals surface area contributed by atoms with Gasteiger partial charge in [-0.05, 0) is 25.7 Å². The second kappa shape index (κ2) is 14.1. The van der Waals surface area contributed by atoms with Gasteiger partial charge in [0.05, 0.1) is 0 Å². The molecule has 1 aliphatic heterocycles. The first-order valence-corrected chi connectivity index (χ1v) is 10.0. The molecule has 0 unspecified atom stereocenters. The number of hydrogen-bond donors (Lipinski definition) is 3. The Bertz CT molecular complexity index is 322. The van der Waals surface area contributed by atoms with Crippen LogP contribution < -0.4 is 5.43 Å². The molecule has 1 aliphatic carbocycles. The number of carboxylic acids is 2. The number of aliphatic carboxylic acids is 2. The third-order valence-corrected chi connectivity index (χ3v) is 4.96. The van der Waals surface area contributed by atoms with Gasteiger partial charge in [-0.2, -0.15) is 0 Å². The molecule has 146 valence electrons. The van der Waals surface area contributed by atoms with E-state index in [0.717, 1.165) is 6.04 Å². The van der Waals surface area contributed by atoms with Gasteiger partial charge in [0.2, 0.25) is 0 Å². The van der Waals surface area contributed by atoms with Gasteiger partial charge in [0, 0.05) is 19.1 Å². The van der Waals surface area contributed by atoms with Gasteiger partial charge in [-0.1, -0.05) is 57.8 Å². The van der Waals surface area contributed by atoms with E-state index in [-0.39, 0.29) is 0 Å². The van der Waals surface area contributed by atoms with Crippen LogP contribution in [0.25, 0.3) is 0 Å². The smallest absolute Gasteiger partial charge is 0.314 e. The highest BCUT2D eigenvalue weighted by molar-refractivity contribution is 5.88. The van der Waals surface area contributed by atoms with Crippen LogP contribution in [0.2, 0.25) is 0 Å². The molecule has 0 aromatic rings. The molecule has 0 aromatic heterocycles. The lowest BCUT2D eigenvalue weighted by Gasteiger charge is -2.32. The van der Waals surface area contributed by atoms with Crippen LogP contribution in [-0.2, 0) is 9.59 Å². The van der Waals surface area contributed by atoms with Crippen molar-refractivity contribution in [3.05, 3.63) is 0 Å². The normalized spacial score (nSPS) is 21.9. The zero-order chi connectivity index (χ0) is 18.3. The zero-order valence-electron chi connectivity index (χ0n) is 15.5. The molecule has 0 spiro atoms. The van der Waals surface area contributed by atoms with E-state index in [2.05, 4.69) is 10.4 Å². The van der Waals surface area contributed by atoms with E-state index in [1.54, 1.807) is 0 Å². The summed E-state index contributed by atoms with van der Waals surface area (Å²) in [7, 11) is 0. The van der Waals surface area contributed by atoms with Gasteiger partial charge < -0.3 is 10.2 Å². The molecule has 25 heavy (non-hydrogen) atoms. The summed E-state index contributed by atoms with van der Waals surface area (Å²) in [6.07, 6.45) is 17.9. The topological polar surface area (TPSA) is 89.9 Å². The Morgan fingerprint density at radius 1 is 0.760 bits per heavy atom. The Morgan fingerprint density at radius 2 is 1.24 bits per heavy atom. The summed E-state index contributed by atoms with van der Waals surface area (Å²) < 4.78 is 0. The predicted molar refractivity (Wildman–Crippen MR) is 98.4 cm³/mol. The highest BCUT2D eigenvalue weighted by Crippen LogP contribution is 2.21. The monoisotopic (exact) mass is 356 g/mol. The first-order chi connectivity index (χ1) is 12.1. The highest BCUT2D eigenvalue weighted by atomic mass is 16.4. The van der Waals surface area contributed by atoms with E-state index in [1.807, 2.05) is 0 Å². The molecule has 1 heterocycles. The Kier molecular flexibility index (Phi) is 12.3. The van der Waals surface area contributed by atoms with Gasteiger partial charge in [-0.25, -0.2) is 5.01 Å². The average Bonchev–Trinajstić information content (AvgIpc) is 2.77. The molecule has 0 amide bonds. The number of carbonyl (C=O) groups is 2. The predicted octanol–water partition coefficient (Wildman–Crippen LogP) is 3.81. The van der Waals surface area contributed by atoms with Gasteiger partial charge in [0.25, 0.3) is 0 Å². The molecule has 2 fully saturated rings. The summed E-state index contributed by atoms with van der Waals surface area (Å²) in [4.78, 5) is 18.9. The Balaban J connectivity index is 0.000000381. The molecule has 6 heteroatoms. The molecule has 2 rings (SSSR count). The van der Waals surface area contributed by atoms with E-state index < -0.39 is 18.4 Å². The SMILES string of the molecule is C1CCCCC(N2CCCCCCCN2)CCC1.O=C(O)CC(=O)O. The van der Waals surface area contributed by atoms with Gasteiger partial charge in [-0.15, -0.1) is 0 Å². The number of nitrogens with one attached hydrogen (secondary N) is 1. The Hall–Kier alpha value is -1.14. The minimum absolute atomic E-state index is 0.806. The highest BCUT2D eigenvalue weighted by Gasteiger charge is 2.18. The van der Waals surface area contributed by atoms with Crippen LogP contribution in [0.4, 0.5) is 0 Å². The summed E-state index contributed by atoms with van der Waals surface area (Å²) in [5, 5.41) is 18.0. The number of rotatable bonds is 3. The quantitative estimate of drug-likeness (QED) is 0.666. The molecular formula is C19H36N2O4. The molecule has 1 saturated heterocycles. The number of carboxylic acid groups (broad SMARTS) is 2. The van der Waals surface area contributed by atoms with Crippen molar-refractivity contribution < 1.29 is 19.8 Å². The Morgan fingerprint density at radius 3 is 1.76 bits per heavy atom. The average molecular weight is 357 g/mol. The maximum Gasteiger partial charge on any atom is 0.314 e. The lowest BCUT2D eigenvalue weighted by atomic mass is 10.0. The summed E-state index contributed by atoms with van der Waals surface area (Å²) in [6.45, 7) is 2.49. The largest absolute Gasteiger partial charge is 0.481 e. The van der Waals surface area contributed by atoms with E-state index in [0.29, 0.717) is 0 Å². The van der Waals surface area contributed by atoms with Gasteiger partial charge in [0.15, 0.2) is 0 Å². The van der Waals surface area contributed by atoms with Crippen LogP contribution in [0.5, 0.6) is 0 Å². The third kappa shape index (κ3) is 11.9. The van der Waals surface area contributed by atoms with Crippen molar-refractivity contribution in [3.63, 3.8) is 0 Å². The van der Waals surface area contributed by atoms with Gasteiger partial charge in [0.1, 0.15) is 6.42 Å². The number of nitrogens with zero attached hydrogens (tertiary/aromatic N) is 1. The summed E-state index contributed by atoms with van der Waals surface area (Å²) in [5.74, 6) is -2.62. The van der Waals surface area contributed by atoms with Crippen molar-refractivity contribution in [1.82, 2.24) is 10.4 Å². The van der Waals surface area contributed by atoms with Gasteiger partial charge >= 0.3 is 11.9 Å². The minimum atomic E-state index is -1.31. The van der Waals surface area contributed by atoms with Crippen molar-refractivity contribution in [2.45, 2.75) is 95.9 Å². The third-order valence-electron chi connectivity index (χ3n) is 4.96. The number of hydrazine groups is 1. The van der Waals surface area contributed by atoms with Crippen molar-refractivity contribution in [2.24, 2.45) is 0 Å². The van der Waals surface area contributed by atoms with Crippen molar-refractivity contribution in [1.29, 1.82) is 0 Å². The molecule has 2 aliphatic rings. The molecule has 0 radical (unpaired) electrons. The van der Waals surface area contributed by atoms with Crippen LogP contribution >= 0.6 is 0 Å². The van der Waals surface area contributed by atoms with Crippen LogP contribution in [-0.4, -0.2) is 46.3 Å². The minimum Gasteiger partial charge on any atom is -0.481 e. The molecule has 0 aromatic carbocycles. The maximum atomic E-state index is 9.43. The second-order valence-electron chi connectivity index (χ2n) is 7.19. The summed E-state index contributed by atoms with van der Waals surface area (Å²) in [6, 6.07) is 0.821. The molecule has 3 N–H and O–H groups in total. The fourth-order valence-corrected chi connectivity index (χ4v) is 3.60. The maximum absolute atomic E-state index is 9.43. The fourth-order valence-electron chi connectivity index (χ4n) is 3.60. The first-order valence-electron chi connectivity index (χ1n) is 10.0. The van der Waals surface area contributed by atoms with Gasteiger partial charge in [-0.3, -0.25) is 15.0 Å². The standard InChI is InChI=1S/C16H32N2.C3H4O4/c1-2-5-9-13-16(12-8-4-1)18-15-11-7-3-6-10-14-17-18;4-2(5)1-3(6)7/h16-17H,1-15H2;1H2,(H,4,5)(H,6,7). The van der Waals surface area contributed by atoms with E-state index in [9.17, 15) is 9.59 Å². The van der Waals surface area contributed by atoms with E-state index in [1.165, 1.54) is 96.6 Å². The lowest BCUT2D eigenvalue weighted by Crippen LogP contribution is -2.46. The van der Waals surface area contributed by atoms with Crippen LogP contribution in [0.1, 0.15) is 89.9 Å². The summed E-state index contributed by atoms with van der Waals surface area (Å²) >= 11 is 0. The summed E-state index contributed by atoms with van der Waals surface area (Å²) in [5.41, 5.74) is 3.73.